The molecule has 0 amide bonds. The zero-order valence-corrected chi connectivity index (χ0v) is 19.3. The molecule has 1 nitrogen and oxygen atoms in total. The molecule has 0 spiro atoms. The number of nitrogens with zero attached hydrogens (tertiary/aromatic N) is 1. The SMILES string of the molecule is Cc1cc(C)cc(-c2nccc3cc(-c4c(C)cc(C(C)(C)C)cc4C)sc23)c1. The van der Waals surface area contributed by atoms with E-state index >= 15 is 0 Å². The Hall–Kier alpha value is -2.45. The van der Waals surface area contributed by atoms with Gasteiger partial charge in [0.1, 0.15) is 0 Å². The smallest absolute Gasteiger partial charge is 0.0880 e. The van der Waals surface area contributed by atoms with Crippen LogP contribution in [0.1, 0.15) is 48.6 Å². The Bertz CT molecular complexity index is 1180. The predicted molar refractivity (Wildman–Crippen MR) is 128 cm³/mol. The standard InChI is InChI=1S/C27H29NS/c1-16-10-17(2)12-21(11-16)25-26-20(8-9-28-25)15-23(29-26)24-18(3)13-22(14-19(24)4)27(5,6)7/h8-15H,1-7H3. The van der Waals surface area contributed by atoms with E-state index in [0.717, 1.165) is 5.69 Å². The Morgan fingerprint density at radius 2 is 1.41 bits per heavy atom. The first-order chi connectivity index (χ1) is 13.6. The largest absolute Gasteiger partial charge is 0.255 e. The van der Waals surface area contributed by atoms with Crippen LogP contribution in [-0.2, 0) is 5.41 Å². The lowest BCUT2D eigenvalue weighted by molar-refractivity contribution is 0.589. The second-order valence-corrected chi connectivity index (χ2v) is 10.4. The van der Waals surface area contributed by atoms with E-state index < -0.39 is 0 Å². The number of fused-ring (bicyclic) bond motifs is 1. The lowest BCUT2D eigenvalue weighted by atomic mass is 9.83. The molecule has 148 valence electrons. The molecule has 0 atom stereocenters. The third-order valence-corrected chi connectivity index (χ3v) is 6.75. The molecule has 0 aliphatic heterocycles. The minimum atomic E-state index is 0.161. The number of hydrogen-bond acceptors (Lipinski definition) is 2. The van der Waals surface area contributed by atoms with E-state index in [1.807, 2.05) is 17.5 Å². The number of thiophene rings is 1. The second kappa shape index (κ2) is 7.11. The van der Waals surface area contributed by atoms with Gasteiger partial charge in [0, 0.05) is 16.6 Å². The van der Waals surface area contributed by atoms with Crippen LogP contribution in [0.4, 0.5) is 0 Å². The average Bonchev–Trinajstić information content (AvgIpc) is 3.02. The van der Waals surface area contributed by atoms with Gasteiger partial charge in [-0.05, 0) is 85.0 Å². The van der Waals surface area contributed by atoms with E-state index in [0.29, 0.717) is 0 Å². The highest BCUT2D eigenvalue weighted by Gasteiger charge is 2.19. The summed E-state index contributed by atoms with van der Waals surface area (Å²) in [7, 11) is 0. The monoisotopic (exact) mass is 399 g/mol. The lowest BCUT2D eigenvalue weighted by Crippen LogP contribution is -2.11. The van der Waals surface area contributed by atoms with E-state index in [2.05, 4.69) is 90.9 Å². The summed E-state index contributed by atoms with van der Waals surface area (Å²) in [4.78, 5) is 6.10. The molecule has 0 saturated heterocycles. The van der Waals surface area contributed by atoms with Crippen molar-refractivity contribution in [2.75, 3.05) is 0 Å². The maximum absolute atomic E-state index is 4.77. The summed E-state index contributed by atoms with van der Waals surface area (Å²) < 4.78 is 1.27. The molecule has 2 heterocycles. The van der Waals surface area contributed by atoms with Crippen molar-refractivity contribution in [3.8, 4) is 21.7 Å². The van der Waals surface area contributed by atoms with Crippen molar-refractivity contribution in [2.45, 2.75) is 53.9 Å². The second-order valence-electron chi connectivity index (χ2n) is 9.30. The molecule has 29 heavy (non-hydrogen) atoms. The van der Waals surface area contributed by atoms with E-state index in [4.69, 9.17) is 4.98 Å². The highest BCUT2D eigenvalue weighted by Crippen LogP contribution is 2.41. The molecule has 0 saturated carbocycles. The Morgan fingerprint density at radius 1 is 0.793 bits per heavy atom. The maximum Gasteiger partial charge on any atom is 0.0880 e. The van der Waals surface area contributed by atoms with Gasteiger partial charge in [0.25, 0.3) is 0 Å². The zero-order valence-electron chi connectivity index (χ0n) is 18.5. The Morgan fingerprint density at radius 3 is 2.00 bits per heavy atom. The maximum atomic E-state index is 4.77. The highest BCUT2D eigenvalue weighted by molar-refractivity contribution is 7.22. The van der Waals surface area contributed by atoms with Gasteiger partial charge in [-0.15, -0.1) is 11.3 Å². The van der Waals surface area contributed by atoms with Gasteiger partial charge >= 0.3 is 0 Å². The number of aryl methyl sites for hydroxylation is 4. The molecule has 0 N–H and O–H groups in total. The molecule has 0 unspecified atom stereocenters. The van der Waals surface area contributed by atoms with Crippen LogP contribution in [-0.4, -0.2) is 4.98 Å². The number of pyridine rings is 1. The predicted octanol–water partition coefficient (Wildman–Crippen LogP) is 8.16. The van der Waals surface area contributed by atoms with Crippen LogP contribution in [0.3, 0.4) is 0 Å². The summed E-state index contributed by atoms with van der Waals surface area (Å²) in [5.74, 6) is 0. The van der Waals surface area contributed by atoms with Crippen LogP contribution in [0.25, 0.3) is 31.8 Å². The zero-order chi connectivity index (χ0) is 20.9. The van der Waals surface area contributed by atoms with Gasteiger partial charge < -0.3 is 0 Å². The van der Waals surface area contributed by atoms with Crippen LogP contribution in [0.15, 0.2) is 48.7 Å². The summed E-state index contributed by atoms with van der Waals surface area (Å²) in [5.41, 5.74) is 10.5. The van der Waals surface area contributed by atoms with Crippen LogP contribution < -0.4 is 0 Å². The van der Waals surface area contributed by atoms with Gasteiger partial charge in [-0.2, -0.15) is 0 Å². The third kappa shape index (κ3) is 3.74. The molecule has 0 aliphatic carbocycles. The van der Waals surface area contributed by atoms with Crippen molar-refractivity contribution >= 4 is 21.4 Å². The molecular weight excluding hydrogens is 370 g/mol. The summed E-state index contributed by atoms with van der Waals surface area (Å²) in [5, 5.41) is 1.27. The van der Waals surface area contributed by atoms with Crippen molar-refractivity contribution in [1.82, 2.24) is 4.98 Å². The highest BCUT2D eigenvalue weighted by atomic mass is 32.1. The quantitative estimate of drug-likeness (QED) is 0.331. The normalized spacial score (nSPS) is 12.0. The Labute approximate surface area is 178 Å². The van der Waals surface area contributed by atoms with Crippen LogP contribution in [0.5, 0.6) is 0 Å². The number of aromatic nitrogens is 1. The van der Waals surface area contributed by atoms with Gasteiger partial charge in [-0.1, -0.05) is 50.1 Å². The molecule has 0 bridgehead atoms. The van der Waals surface area contributed by atoms with Gasteiger partial charge in [-0.3, -0.25) is 4.98 Å². The van der Waals surface area contributed by atoms with Gasteiger partial charge in [0.2, 0.25) is 0 Å². The first-order valence-electron chi connectivity index (χ1n) is 10.2. The van der Waals surface area contributed by atoms with Crippen LogP contribution in [0.2, 0.25) is 0 Å². The van der Waals surface area contributed by atoms with Crippen molar-refractivity contribution in [1.29, 1.82) is 0 Å². The molecule has 0 fully saturated rings. The van der Waals surface area contributed by atoms with Crippen LogP contribution >= 0.6 is 11.3 Å². The molecule has 0 aliphatic rings. The number of hydrogen-bond donors (Lipinski definition) is 0. The van der Waals surface area contributed by atoms with Crippen molar-refractivity contribution in [2.24, 2.45) is 0 Å². The summed E-state index contributed by atoms with van der Waals surface area (Å²) in [6, 6.07) is 15.9. The molecule has 2 aromatic carbocycles. The Kier molecular flexibility index (Phi) is 4.86. The van der Waals surface area contributed by atoms with E-state index in [1.165, 1.54) is 53.9 Å². The van der Waals surface area contributed by atoms with Crippen LogP contribution in [0, 0.1) is 27.7 Å². The van der Waals surface area contributed by atoms with Crippen molar-refractivity contribution < 1.29 is 0 Å². The third-order valence-electron chi connectivity index (χ3n) is 5.57. The minimum Gasteiger partial charge on any atom is -0.255 e. The summed E-state index contributed by atoms with van der Waals surface area (Å²) in [6.45, 7) is 15.6. The van der Waals surface area contributed by atoms with Gasteiger partial charge in [0.15, 0.2) is 0 Å². The van der Waals surface area contributed by atoms with Gasteiger partial charge in [0.05, 0.1) is 10.4 Å². The van der Waals surface area contributed by atoms with E-state index in [-0.39, 0.29) is 5.41 Å². The fourth-order valence-electron chi connectivity index (χ4n) is 4.19. The summed E-state index contributed by atoms with van der Waals surface area (Å²) >= 11 is 1.86. The molecule has 4 rings (SSSR count). The fraction of sp³-hybridized carbons (Fsp3) is 0.296. The van der Waals surface area contributed by atoms with E-state index in [1.54, 1.807) is 0 Å². The molecular formula is C27H29NS. The fourth-order valence-corrected chi connectivity index (χ4v) is 5.53. The molecule has 0 radical (unpaired) electrons. The van der Waals surface area contributed by atoms with E-state index in [9.17, 15) is 0 Å². The first-order valence-corrected chi connectivity index (χ1v) is 11.0. The summed E-state index contributed by atoms with van der Waals surface area (Å²) in [6.07, 6.45) is 1.94. The molecule has 2 heteroatoms. The lowest BCUT2D eigenvalue weighted by Gasteiger charge is -2.22. The molecule has 2 aromatic heterocycles. The Balaban J connectivity index is 1.90. The van der Waals surface area contributed by atoms with Crippen molar-refractivity contribution in [3.05, 3.63) is 76.5 Å². The van der Waals surface area contributed by atoms with Gasteiger partial charge in [-0.25, -0.2) is 0 Å². The molecule has 4 aromatic rings. The minimum absolute atomic E-state index is 0.161. The topological polar surface area (TPSA) is 12.9 Å². The van der Waals surface area contributed by atoms with Crippen molar-refractivity contribution in [3.63, 3.8) is 0 Å². The number of rotatable bonds is 2. The number of benzene rings is 2. The first kappa shape index (κ1) is 19.8. The average molecular weight is 400 g/mol.